The van der Waals surface area contributed by atoms with Crippen LogP contribution in [0.25, 0.3) is 22.3 Å². The predicted molar refractivity (Wildman–Crippen MR) is 206 cm³/mol. The minimum absolute atomic E-state index is 0.0880. The summed E-state index contributed by atoms with van der Waals surface area (Å²) in [6, 6.07) is 30.2. The van der Waals surface area contributed by atoms with Crippen molar-refractivity contribution in [2.24, 2.45) is 9.98 Å². The fraction of sp³-hybridized carbons (Fsp3) is 0.174. The lowest BCUT2D eigenvalue weighted by atomic mass is 9.98. The summed E-state index contributed by atoms with van der Waals surface area (Å²) < 4.78 is 144. The van der Waals surface area contributed by atoms with Crippen molar-refractivity contribution in [3.63, 3.8) is 0 Å². The molecule has 4 nitrogen and oxygen atoms in total. The largest absolute Gasteiger partial charge is 0.472 e. The molecule has 8 rings (SSSR count). The molecule has 0 spiro atoms. The highest BCUT2D eigenvalue weighted by Gasteiger charge is 2.34. The molecular formula is C46H32F10N2O2. The predicted octanol–water partition coefficient (Wildman–Crippen LogP) is 13.1. The third kappa shape index (κ3) is 8.92. The zero-order valence-corrected chi connectivity index (χ0v) is 31.5. The zero-order valence-electron chi connectivity index (χ0n) is 31.5. The van der Waals surface area contributed by atoms with Crippen molar-refractivity contribution in [2.45, 2.75) is 50.5 Å². The lowest BCUT2D eigenvalue weighted by molar-refractivity contribution is -0.138. The molecule has 0 bridgehead atoms. The van der Waals surface area contributed by atoms with Crippen LogP contribution in [0.4, 0.5) is 43.9 Å². The van der Waals surface area contributed by atoms with Gasteiger partial charge in [-0.2, -0.15) is 26.3 Å². The minimum Gasteiger partial charge on any atom is -0.472 e. The second kappa shape index (κ2) is 16.7. The summed E-state index contributed by atoms with van der Waals surface area (Å²) in [6.45, 7) is 3.51. The van der Waals surface area contributed by atoms with E-state index in [0.29, 0.717) is 11.1 Å². The summed E-state index contributed by atoms with van der Waals surface area (Å²) in [5, 5.41) is 0. The monoisotopic (exact) mass is 834 g/mol. The van der Waals surface area contributed by atoms with Crippen LogP contribution in [0.2, 0.25) is 0 Å². The van der Waals surface area contributed by atoms with Gasteiger partial charge in [0.25, 0.3) is 0 Å². The van der Waals surface area contributed by atoms with E-state index in [4.69, 9.17) is 9.47 Å². The average Bonchev–Trinajstić information content (AvgIpc) is 3.79. The number of ether oxygens (including phenoxy) is 2. The molecule has 14 heteroatoms. The fourth-order valence-corrected chi connectivity index (χ4v) is 6.80. The Balaban J connectivity index is 0.000000181. The second-order valence-electron chi connectivity index (χ2n) is 14.0. The third-order valence-corrected chi connectivity index (χ3v) is 9.95. The normalized spacial score (nSPS) is 18.8. The van der Waals surface area contributed by atoms with Crippen LogP contribution in [-0.4, -0.2) is 24.0 Å². The Morgan fingerprint density at radius 2 is 0.667 bits per heavy atom. The molecule has 0 aliphatic carbocycles. The highest BCUT2D eigenvalue weighted by Crippen LogP contribution is 2.37. The van der Waals surface area contributed by atoms with Gasteiger partial charge >= 0.3 is 12.4 Å². The van der Waals surface area contributed by atoms with E-state index >= 15 is 0 Å². The first-order valence-corrected chi connectivity index (χ1v) is 18.4. The molecule has 6 aromatic rings. The molecular weight excluding hydrogens is 802 g/mol. The van der Waals surface area contributed by atoms with E-state index in [2.05, 4.69) is 9.98 Å². The van der Waals surface area contributed by atoms with Crippen molar-refractivity contribution in [1.29, 1.82) is 0 Å². The number of aliphatic imine (C=N–C) groups is 2. The van der Waals surface area contributed by atoms with E-state index in [1.165, 1.54) is 36.4 Å². The van der Waals surface area contributed by atoms with E-state index in [1.54, 1.807) is 62.4 Å². The topological polar surface area (TPSA) is 43.2 Å². The molecule has 0 N–H and O–H groups in total. The molecule has 0 fully saturated rings. The first kappa shape index (κ1) is 41.7. The Kier molecular flexibility index (Phi) is 11.6. The summed E-state index contributed by atoms with van der Waals surface area (Å²) in [6.07, 6.45) is -9.63. The van der Waals surface area contributed by atoms with Gasteiger partial charge in [-0.1, -0.05) is 84.9 Å². The van der Waals surface area contributed by atoms with E-state index < -0.39 is 71.0 Å². The number of nitrogens with zero attached hydrogens (tertiary/aromatic N) is 2. The Labute approximate surface area is 337 Å². The lowest BCUT2D eigenvalue weighted by Gasteiger charge is -2.14. The highest BCUT2D eigenvalue weighted by atomic mass is 19.4. The van der Waals surface area contributed by atoms with E-state index in [9.17, 15) is 43.9 Å². The number of rotatable bonds is 6. The van der Waals surface area contributed by atoms with E-state index in [0.717, 1.165) is 70.8 Å². The van der Waals surface area contributed by atoms with Gasteiger partial charge in [-0.15, -0.1) is 0 Å². The van der Waals surface area contributed by atoms with Gasteiger partial charge in [-0.25, -0.2) is 27.5 Å². The molecule has 0 saturated carbocycles. The van der Waals surface area contributed by atoms with Crippen molar-refractivity contribution in [1.82, 2.24) is 0 Å². The van der Waals surface area contributed by atoms with Gasteiger partial charge in [0.2, 0.25) is 11.8 Å². The standard InChI is InChI=1S/2C23H16F5NO/c2*1-13-21(29-22(30-13)20-18(24)3-2-4-19(20)25)16-7-5-14(6-8-16)15-9-11-17(12-10-15)23(26,27)28/h2*2-13,21H,1H3/t2*13-,21-/m10/s1. The van der Waals surface area contributed by atoms with Crippen LogP contribution >= 0.6 is 0 Å². The summed E-state index contributed by atoms with van der Waals surface area (Å²) in [4.78, 5) is 8.72. The molecule has 0 radical (unpaired) electrons. The average molecular weight is 835 g/mol. The first-order chi connectivity index (χ1) is 28.5. The Morgan fingerprint density at radius 1 is 0.400 bits per heavy atom. The number of hydrogen-bond donors (Lipinski definition) is 0. The van der Waals surface area contributed by atoms with Gasteiger partial charge in [0, 0.05) is 0 Å². The smallest absolute Gasteiger partial charge is 0.416 e. The van der Waals surface area contributed by atoms with Crippen LogP contribution in [-0.2, 0) is 21.8 Å². The SMILES string of the molecule is C[C@@H]1OC(c2c(F)cccc2F)=N[C@@H]1c1ccc(-c2ccc(C(F)(F)F)cc2)cc1.C[C@H]1OC(c2c(F)cccc2F)=N[C@H]1c1ccc(-c2ccc(C(F)(F)F)cc2)cc1. The molecule has 60 heavy (non-hydrogen) atoms. The van der Waals surface area contributed by atoms with Gasteiger partial charge in [-0.3, -0.25) is 0 Å². The molecule has 2 aliphatic rings. The lowest BCUT2D eigenvalue weighted by Crippen LogP contribution is -2.14. The maximum absolute atomic E-state index is 14.0. The number of benzene rings is 6. The fourth-order valence-electron chi connectivity index (χ4n) is 6.80. The van der Waals surface area contributed by atoms with Crippen molar-refractivity contribution >= 4 is 11.8 Å². The molecule has 308 valence electrons. The van der Waals surface area contributed by atoms with Gasteiger partial charge in [0.1, 0.15) is 58.7 Å². The summed E-state index contributed by atoms with van der Waals surface area (Å²) in [5.41, 5.74) is 2.29. The molecule has 0 aromatic heterocycles. The molecule has 0 saturated heterocycles. The molecule has 6 aromatic carbocycles. The third-order valence-electron chi connectivity index (χ3n) is 9.95. The molecule has 2 heterocycles. The van der Waals surface area contributed by atoms with Crippen LogP contribution in [0.5, 0.6) is 0 Å². The molecule has 0 unspecified atom stereocenters. The van der Waals surface area contributed by atoms with Crippen molar-refractivity contribution in [3.05, 3.63) is 190 Å². The Morgan fingerprint density at radius 3 is 0.933 bits per heavy atom. The number of halogens is 10. The maximum Gasteiger partial charge on any atom is 0.416 e. The second-order valence-corrected chi connectivity index (χ2v) is 14.0. The Bertz CT molecular complexity index is 2310. The number of alkyl halides is 6. The zero-order chi connectivity index (χ0) is 42.9. The Hall–Kier alpha value is -6.44. The highest BCUT2D eigenvalue weighted by molar-refractivity contribution is 5.96. The van der Waals surface area contributed by atoms with Crippen LogP contribution in [0.3, 0.4) is 0 Å². The van der Waals surface area contributed by atoms with Crippen LogP contribution in [0.15, 0.2) is 143 Å². The van der Waals surface area contributed by atoms with E-state index in [1.807, 2.05) is 0 Å². The van der Waals surface area contributed by atoms with Crippen molar-refractivity contribution < 1.29 is 53.4 Å². The molecule has 4 atom stereocenters. The quantitative estimate of drug-likeness (QED) is 0.157. The van der Waals surface area contributed by atoms with Crippen LogP contribution in [0.1, 0.15) is 59.3 Å². The van der Waals surface area contributed by atoms with E-state index in [-0.39, 0.29) is 22.9 Å². The summed E-state index contributed by atoms with van der Waals surface area (Å²) >= 11 is 0. The molecule has 0 amide bonds. The van der Waals surface area contributed by atoms with Gasteiger partial charge in [0.15, 0.2) is 0 Å². The van der Waals surface area contributed by atoms with Crippen molar-refractivity contribution in [2.75, 3.05) is 0 Å². The van der Waals surface area contributed by atoms with Crippen molar-refractivity contribution in [3.8, 4) is 22.3 Å². The van der Waals surface area contributed by atoms with Crippen LogP contribution in [0, 0.1) is 23.3 Å². The maximum atomic E-state index is 14.0. The van der Waals surface area contributed by atoms with Gasteiger partial charge in [-0.05, 0) is 95.8 Å². The first-order valence-electron chi connectivity index (χ1n) is 18.4. The molecule has 2 aliphatic heterocycles. The summed E-state index contributed by atoms with van der Waals surface area (Å²) in [5.74, 6) is -3.18. The van der Waals surface area contributed by atoms with Crippen LogP contribution < -0.4 is 0 Å². The summed E-state index contributed by atoms with van der Waals surface area (Å²) in [7, 11) is 0. The number of hydrogen-bond acceptors (Lipinski definition) is 4. The van der Waals surface area contributed by atoms with Gasteiger partial charge < -0.3 is 9.47 Å². The minimum atomic E-state index is -4.38. The van der Waals surface area contributed by atoms with Gasteiger partial charge in [0.05, 0.1) is 11.1 Å².